The number of carbonyl (C=O) groups is 1. The van der Waals surface area contributed by atoms with Crippen LogP contribution in [-0.2, 0) is 9.53 Å². The summed E-state index contributed by atoms with van der Waals surface area (Å²) in [4.78, 5) is 13.9. The molecule has 98 valence electrons. The highest BCUT2D eigenvalue weighted by molar-refractivity contribution is 5.60. The van der Waals surface area contributed by atoms with Gasteiger partial charge in [0, 0.05) is 31.7 Å². The summed E-state index contributed by atoms with van der Waals surface area (Å²) in [7, 11) is 0. The summed E-state index contributed by atoms with van der Waals surface area (Å²) in [6.07, 6.45) is 7.16. The van der Waals surface area contributed by atoms with E-state index < -0.39 is 0 Å². The maximum atomic E-state index is 11.4. The Morgan fingerprint density at radius 2 is 2.06 bits per heavy atom. The smallest absolute Gasteiger partial charge is 0.127 e. The summed E-state index contributed by atoms with van der Waals surface area (Å²) in [5, 5.41) is 0. The first kappa shape index (κ1) is 13.0. The Hall–Kier alpha value is -0.410. The number of carbonyl (C=O) groups excluding carboxylic acids is 1. The molecule has 1 aliphatic carbocycles. The molecule has 2 aliphatic rings. The molecule has 2 fully saturated rings. The monoisotopic (exact) mass is 239 g/mol. The van der Waals surface area contributed by atoms with Gasteiger partial charge in [-0.05, 0) is 38.1 Å². The predicted molar refractivity (Wildman–Crippen MR) is 68.0 cm³/mol. The van der Waals surface area contributed by atoms with E-state index in [4.69, 9.17) is 4.74 Å². The van der Waals surface area contributed by atoms with Gasteiger partial charge in [-0.2, -0.15) is 0 Å². The van der Waals surface area contributed by atoms with Gasteiger partial charge in [0.1, 0.15) is 6.29 Å². The third-order valence-electron chi connectivity index (χ3n) is 4.47. The van der Waals surface area contributed by atoms with Gasteiger partial charge in [-0.3, -0.25) is 0 Å². The van der Waals surface area contributed by atoms with E-state index in [9.17, 15) is 4.79 Å². The van der Waals surface area contributed by atoms with Crippen LogP contribution in [0.4, 0.5) is 0 Å². The van der Waals surface area contributed by atoms with Crippen LogP contribution in [0, 0.1) is 11.3 Å². The van der Waals surface area contributed by atoms with Crippen LogP contribution in [0.25, 0.3) is 0 Å². The summed E-state index contributed by atoms with van der Waals surface area (Å²) in [6, 6.07) is 0. The molecule has 0 bridgehead atoms. The van der Waals surface area contributed by atoms with Gasteiger partial charge >= 0.3 is 0 Å². The van der Waals surface area contributed by atoms with Crippen LogP contribution in [-0.4, -0.2) is 44.0 Å². The summed E-state index contributed by atoms with van der Waals surface area (Å²) in [5.41, 5.74) is -0.127. The van der Waals surface area contributed by atoms with Crippen LogP contribution in [0.1, 0.15) is 39.0 Å². The van der Waals surface area contributed by atoms with Crippen LogP contribution in [0.15, 0.2) is 0 Å². The molecule has 17 heavy (non-hydrogen) atoms. The Morgan fingerprint density at radius 1 is 1.35 bits per heavy atom. The Balaban J connectivity index is 1.87. The molecule has 0 aromatic heterocycles. The fourth-order valence-corrected chi connectivity index (χ4v) is 2.88. The lowest BCUT2D eigenvalue weighted by atomic mass is 9.80. The highest BCUT2D eigenvalue weighted by Gasteiger charge is 2.34. The molecule has 3 heteroatoms. The molecular formula is C14H25NO2. The minimum Gasteiger partial charge on any atom is -0.381 e. The zero-order valence-corrected chi connectivity index (χ0v) is 11.0. The summed E-state index contributed by atoms with van der Waals surface area (Å²) < 4.78 is 5.38. The van der Waals surface area contributed by atoms with Crippen molar-refractivity contribution < 1.29 is 9.53 Å². The molecule has 0 amide bonds. The summed E-state index contributed by atoms with van der Waals surface area (Å²) in [6.45, 7) is 6.89. The van der Waals surface area contributed by atoms with Crippen molar-refractivity contribution in [2.45, 2.75) is 39.0 Å². The number of nitrogens with zero attached hydrogens (tertiary/aromatic N) is 1. The number of aldehydes is 1. The molecule has 0 spiro atoms. The first-order chi connectivity index (χ1) is 8.28. The molecule has 3 nitrogen and oxygen atoms in total. The Labute approximate surface area is 105 Å². The molecule has 0 aromatic rings. The van der Waals surface area contributed by atoms with Gasteiger partial charge in [-0.1, -0.05) is 13.3 Å². The maximum Gasteiger partial charge on any atom is 0.127 e. The van der Waals surface area contributed by atoms with Crippen molar-refractivity contribution in [1.82, 2.24) is 4.90 Å². The highest BCUT2D eigenvalue weighted by Crippen LogP contribution is 2.32. The zero-order valence-electron chi connectivity index (χ0n) is 11.0. The van der Waals surface area contributed by atoms with Crippen LogP contribution in [0.3, 0.4) is 0 Å². The van der Waals surface area contributed by atoms with E-state index in [1.807, 2.05) is 0 Å². The first-order valence-electron chi connectivity index (χ1n) is 7.04. The van der Waals surface area contributed by atoms with Gasteiger partial charge in [-0.15, -0.1) is 0 Å². The topological polar surface area (TPSA) is 29.5 Å². The Bertz CT molecular complexity index is 245. The third kappa shape index (κ3) is 3.29. The number of hydrogen-bond acceptors (Lipinski definition) is 3. The van der Waals surface area contributed by atoms with Crippen LogP contribution in [0.5, 0.6) is 0 Å². The maximum absolute atomic E-state index is 11.4. The predicted octanol–water partition coefficient (Wildman–Crippen LogP) is 2.10. The fraction of sp³-hybridized carbons (Fsp3) is 0.929. The standard InChI is InChI=1S/C14H25NO2/c1-2-15(10-13-4-3-5-13)11-14(12-16)6-8-17-9-7-14/h12-13H,2-11H2,1H3. The molecular weight excluding hydrogens is 214 g/mol. The van der Waals surface area contributed by atoms with E-state index in [0.717, 1.165) is 45.1 Å². The molecule has 1 saturated carbocycles. The Kier molecular flexibility index (Phi) is 4.57. The average Bonchev–Trinajstić information content (AvgIpc) is 2.33. The molecule has 1 aliphatic heterocycles. The van der Waals surface area contributed by atoms with Crippen molar-refractivity contribution in [2.75, 3.05) is 32.8 Å². The minimum atomic E-state index is -0.127. The van der Waals surface area contributed by atoms with E-state index >= 15 is 0 Å². The second-order valence-corrected chi connectivity index (χ2v) is 5.72. The summed E-state index contributed by atoms with van der Waals surface area (Å²) >= 11 is 0. The fourth-order valence-electron chi connectivity index (χ4n) is 2.88. The number of hydrogen-bond donors (Lipinski definition) is 0. The van der Waals surface area contributed by atoms with E-state index in [0.29, 0.717) is 0 Å². The van der Waals surface area contributed by atoms with Crippen molar-refractivity contribution in [3.8, 4) is 0 Å². The molecule has 1 saturated heterocycles. The van der Waals surface area contributed by atoms with Crippen LogP contribution >= 0.6 is 0 Å². The van der Waals surface area contributed by atoms with Gasteiger partial charge in [-0.25, -0.2) is 0 Å². The third-order valence-corrected chi connectivity index (χ3v) is 4.47. The normalized spacial score (nSPS) is 24.6. The quantitative estimate of drug-likeness (QED) is 0.665. The van der Waals surface area contributed by atoms with Gasteiger partial charge in [0.15, 0.2) is 0 Å². The van der Waals surface area contributed by atoms with E-state index in [-0.39, 0.29) is 5.41 Å². The number of ether oxygens (including phenoxy) is 1. The van der Waals surface area contributed by atoms with Crippen LogP contribution in [0.2, 0.25) is 0 Å². The van der Waals surface area contributed by atoms with Gasteiger partial charge in [0.25, 0.3) is 0 Å². The van der Waals surface area contributed by atoms with E-state index in [2.05, 4.69) is 11.8 Å². The minimum absolute atomic E-state index is 0.127. The Morgan fingerprint density at radius 3 is 2.53 bits per heavy atom. The largest absolute Gasteiger partial charge is 0.381 e. The molecule has 0 aromatic carbocycles. The molecule has 0 radical (unpaired) electrons. The number of rotatable bonds is 6. The second kappa shape index (κ2) is 5.96. The molecule has 0 atom stereocenters. The van der Waals surface area contributed by atoms with Gasteiger partial charge in [0.05, 0.1) is 0 Å². The molecule has 1 heterocycles. The highest BCUT2D eigenvalue weighted by atomic mass is 16.5. The zero-order chi connectivity index (χ0) is 12.1. The average molecular weight is 239 g/mol. The van der Waals surface area contributed by atoms with Gasteiger partial charge < -0.3 is 14.4 Å². The molecule has 0 N–H and O–H groups in total. The van der Waals surface area contributed by atoms with Crippen molar-refractivity contribution in [2.24, 2.45) is 11.3 Å². The molecule has 0 unspecified atom stereocenters. The SMILES string of the molecule is CCN(CC1CCC1)CC1(C=O)CCOCC1. The van der Waals surface area contributed by atoms with E-state index in [1.165, 1.54) is 32.1 Å². The van der Waals surface area contributed by atoms with Crippen molar-refractivity contribution in [1.29, 1.82) is 0 Å². The molecule has 2 rings (SSSR count). The van der Waals surface area contributed by atoms with Gasteiger partial charge in [0.2, 0.25) is 0 Å². The second-order valence-electron chi connectivity index (χ2n) is 5.72. The van der Waals surface area contributed by atoms with Crippen LogP contribution < -0.4 is 0 Å². The van der Waals surface area contributed by atoms with Crippen molar-refractivity contribution >= 4 is 6.29 Å². The lowest BCUT2D eigenvalue weighted by molar-refractivity contribution is -0.123. The lowest BCUT2D eigenvalue weighted by Gasteiger charge is -2.39. The lowest BCUT2D eigenvalue weighted by Crippen LogP contribution is -2.44. The first-order valence-corrected chi connectivity index (χ1v) is 7.04. The van der Waals surface area contributed by atoms with E-state index in [1.54, 1.807) is 0 Å². The van der Waals surface area contributed by atoms with Crippen molar-refractivity contribution in [3.63, 3.8) is 0 Å². The summed E-state index contributed by atoms with van der Waals surface area (Å²) in [5.74, 6) is 0.887. The van der Waals surface area contributed by atoms with Crippen molar-refractivity contribution in [3.05, 3.63) is 0 Å².